The molecule has 0 spiro atoms. The van der Waals surface area contributed by atoms with E-state index >= 15 is 0 Å². The van der Waals surface area contributed by atoms with E-state index in [4.69, 9.17) is 0 Å². The van der Waals surface area contributed by atoms with E-state index in [9.17, 15) is 4.79 Å². The molecule has 0 radical (unpaired) electrons. The smallest absolute Gasteiger partial charge is 0.229 e. The zero-order valence-corrected chi connectivity index (χ0v) is 17.2. The number of hydrogen-bond donors (Lipinski definition) is 2. The highest BCUT2D eigenvalue weighted by atomic mass is 32.1. The summed E-state index contributed by atoms with van der Waals surface area (Å²) in [7, 11) is 0. The van der Waals surface area contributed by atoms with Gasteiger partial charge in [0, 0.05) is 29.3 Å². The van der Waals surface area contributed by atoms with Crippen molar-refractivity contribution in [3.05, 3.63) is 60.0 Å². The Hall–Kier alpha value is -3.10. The number of benzene rings is 1. The first-order valence-electron chi connectivity index (χ1n) is 10.1. The molecular formula is C22H22N6OS. The zero-order chi connectivity index (χ0) is 20.3. The molecule has 2 N–H and O–H groups in total. The summed E-state index contributed by atoms with van der Waals surface area (Å²) >= 11 is 1.45. The van der Waals surface area contributed by atoms with Crippen molar-refractivity contribution < 1.29 is 4.79 Å². The second kappa shape index (κ2) is 8.33. The molecule has 152 valence electrons. The van der Waals surface area contributed by atoms with Gasteiger partial charge in [-0.3, -0.25) is 14.7 Å². The zero-order valence-electron chi connectivity index (χ0n) is 16.4. The Morgan fingerprint density at radius 3 is 2.83 bits per heavy atom. The van der Waals surface area contributed by atoms with Crippen molar-refractivity contribution in [3.8, 4) is 11.3 Å². The van der Waals surface area contributed by atoms with Gasteiger partial charge in [-0.25, -0.2) is 9.97 Å². The molecule has 8 heteroatoms. The third kappa shape index (κ3) is 4.10. The van der Waals surface area contributed by atoms with Crippen LogP contribution in [0.1, 0.15) is 18.7 Å². The van der Waals surface area contributed by atoms with Gasteiger partial charge in [0.1, 0.15) is 5.82 Å². The third-order valence-electron chi connectivity index (χ3n) is 5.46. The fourth-order valence-corrected chi connectivity index (χ4v) is 4.55. The molecular weight excluding hydrogens is 396 g/mol. The number of H-pyrrole nitrogens is 1. The number of imidazole rings is 1. The van der Waals surface area contributed by atoms with Crippen LogP contribution < -0.4 is 5.32 Å². The maximum absolute atomic E-state index is 12.7. The summed E-state index contributed by atoms with van der Waals surface area (Å²) in [6, 6.07) is 11.9. The number of thiazole rings is 1. The van der Waals surface area contributed by atoms with Crippen molar-refractivity contribution in [2.45, 2.75) is 19.4 Å². The van der Waals surface area contributed by atoms with Crippen molar-refractivity contribution in [1.29, 1.82) is 0 Å². The van der Waals surface area contributed by atoms with E-state index < -0.39 is 0 Å². The van der Waals surface area contributed by atoms with Crippen LogP contribution in [0.25, 0.3) is 22.3 Å². The highest BCUT2D eigenvalue weighted by molar-refractivity contribution is 7.14. The molecule has 1 aliphatic rings. The van der Waals surface area contributed by atoms with E-state index in [0.717, 1.165) is 60.6 Å². The van der Waals surface area contributed by atoms with E-state index in [-0.39, 0.29) is 11.8 Å². The quantitative estimate of drug-likeness (QED) is 0.513. The molecule has 1 amide bonds. The Morgan fingerprint density at radius 1 is 1.17 bits per heavy atom. The second-order valence-electron chi connectivity index (χ2n) is 7.52. The molecule has 7 nitrogen and oxygen atoms in total. The largest absolute Gasteiger partial charge is 0.341 e. The number of likely N-dealkylation sites (tertiary alicyclic amines) is 1. The summed E-state index contributed by atoms with van der Waals surface area (Å²) in [5.41, 5.74) is 3.85. The predicted molar refractivity (Wildman–Crippen MR) is 118 cm³/mol. The van der Waals surface area contributed by atoms with Crippen LogP contribution in [0.15, 0.2) is 54.2 Å². The molecule has 4 aromatic rings. The molecule has 1 fully saturated rings. The lowest BCUT2D eigenvalue weighted by molar-refractivity contribution is -0.121. The molecule has 5 rings (SSSR count). The van der Waals surface area contributed by atoms with Crippen LogP contribution in [0.2, 0.25) is 0 Å². The number of para-hydroxylation sites is 2. The molecule has 0 atom stereocenters. The van der Waals surface area contributed by atoms with Gasteiger partial charge in [0.25, 0.3) is 0 Å². The Balaban J connectivity index is 1.15. The molecule has 1 aliphatic heterocycles. The van der Waals surface area contributed by atoms with Gasteiger partial charge in [-0.05, 0) is 50.2 Å². The maximum atomic E-state index is 12.7. The number of nitrogens with one attached hydrogen (secondary N) is 2. The number of pyridine rings is 1. The van der Waals surface area contributed by atoms with Gasteiger partial charge in [-0.15, -0.1) is 11.3 Å². The molecule has 0 unspecified atom stereocenters. The topological polar surface area (TPSA) is 86.8 Å². The first-order chi connectivity index (χ1) is 14.7. The van der Waals surface area contributed by atoms with Crippen LogP contribution in [0, 0.1) is 5.92 Å². The van der Waals surface area contributed by atoms with Gasteiger partial charge in [-0.2, -0.15) is 0 Å². The Bertz CT molecular complexity index is 1110. The number of anilines is 1. The van der Waals surface area contributed by atoms with Crippen molar-refractivity contribution in [3.63, 3.8) is 0 Å². The maximum Gasteiger partial charge on any atom is 0.229 e. The fourth-order valence-electron chi connectivity index (χ4n) is 3.83. The van der Waals surface area contributed by atoms with Crippen molar-refractivity contribution in [1.82, 2.24) is 24.8 Å². The van der Waals surface area contributed by atoms with Crippen LogP contribution >= 0.6 is 11.3 Å². The van der Waals surface area contributed by atoms with Gasteiger partial charge >= 0.3 is 0 Å². The fraction of sp³-hybridized carbons (Fsp3) is 0.273. The number of piperidine rings is 1. The molecule has 4 heterocycles. The molecule has 0 bridgehead atoms. The van der Waals surface area contributed by atoms with Gasteiger partial charge in [0.15, 0.2) is 5.13 Å². The average molecular weight is 419 g/mol. The van der Waals surface area contributed by atoms with Crippen LogP contribution in [0.4, 0.5) is 5.13 Å². The summed E-state index contributed by atoms with van der Waals surface area (Å²) < 4.78 is 0. The van der Waals surface area contributed by atoms with E-state index in [1.54, 1.807) is 12.4 Å². The standard InChI is InChI=1S/C22H22N6OS/c29-21(27-22-26-19(14-30-22)16-4-3-9-23-12-16)15-7-10-28(11-8-15)13-20-24-17-5-1-2-6-18(17)25-20/h1-6,9,12,14-15H,7-8,10-11,13H2,(H,24,25)(H,26,27,29). The minimum absolute atomic E-state index is 0.0164. The van der Waals surface area contributed by atoms with Gasteiger partial charge in [0.2, 0.25) is 5.91 Å². The molecule has 0 aliphatic carbocycles. The average Bonchev–Trinajstić information content (AvgIpc) is 3.41. The van der Waals surface area contributed by atoms with Gasteiger partial charge in [-0.1, -0.05) is 12.1 Å². The SMILES string of the molecule is O=C(Nc1nc(-c2cccnc2)cs1)C1CCN(Cc2nc3ccccc3[nH]2)CC1. The van der Waals surface area contributed by atoms with Gasteiger partial charge in [0.05, 0.1) is 23.3 Å². The summed E-state index contributed by atoms with van der Waals surface area (Å²) in [5, 5.41) is 5.58. The second-order valence-corrected chi connectivity index (χ2v) is 8.38. The molecule has 0 saturated carbocycles. The third-order valence-corrected chi connectivity index (χ3v) is 6.22. The number of hydrogen-bond acceptors (Lipinski definition) is 6. The van der Waals surface area contributed by atoms with E-state index in [1.807, 2.05) is 41.8 Å². The Kier molecular flexibility index (Phi) is 5.25. The number of aromatic nitrogens is 4. The lowest BCUT2D eigenvalue weighted by Crippen LogP contribution is -2.38. The molecule has 1 aromatic carbocycles. The van der Waals surface area contributed by atoms with Gasteiger partial charge < -0.3 is 10.3 Å². The van der Waals surface area contributed by atoms with Crippen molar-refractivity contribution >= 4 is 33.4 Å². The number of rotatable bonds is 5. The van der Waals surface area contributed by atoms with Crippen LogP contribution in [-0.4, -0.2) is 43.8 Å². The molecule has 3 aromatic heterocycles. The first-order valence-corrected chi connectivity index (χ1v) is 11.0. The predicted octanol–water partition coefficient (Wildman–Crippen LogP) is 3.93. The van der Waals surface area contributed by atoms with E-state index in [1.165, 1.54) is 11.3 Å². The minimum atomic E-state index is 0.0164. The summed E-state index contributed by atoms with van der Waals surface area (Å²) in [4.78, 5) is 31.7. The molecule has 30 heavy (non-hydrogen) atoms. The summed E-state index contributed by atoms with van der Waals surface area (Å²) in [6.07, 6.45) is 5.19. The number of carbonyl (C=O) groups is 1. The number of nitrogens with zero attached hydrogens (tertiary/aromatic N) is 4. The van der Waals surface area contributed by atoms with Crippen LogP contribution in [-0.2, 0) is 11.3 Å². The number of fused-ring (bicyclic) bond motifs is 1. The van der Waals surface area contributed by atoms with E-state index in [0.29, 0.717) is 5.13 Å². The normalized spacial score (nSPS) is 15.5. The van der Waals surface area contributed by atoms with E-state index in [2.05, 4.69) is 30.2 Å². The highest BCUT2D eigenvalue weighted by Crippen LogP contribution is 2.26. The number of amides is 1. The molecule has 1 saturated heterocycles. The highest BCUT2D eigenvalue weighted by Gasteiger charge is 2.26. The minimum Gasteiger partial charge on any atom is -0.341 e. The summed E-state index contributed by atoms with van der Waals surface area (Å²) in [6.45, 7) is 2.55. The van der Waals surface area contributed by atoms with Crippen molar-refractivity contribution in [2.75, 3.05) is 18.4 Å². The lowest BCUT2D eigenvalue weighted by Gasteiger charge is -2.30. The number of aromatic amines is 1. The Morgan fingerprint density at radius 2 is 2.03 bits per heavy atom. The number of carbonyl (C=O) groups excluding carboxylic acids is 1. The lowest BCUT2D eigenvalue weighted by atomic mass is 9.96. The van der Waals surface area contributed by atoms with Crippen molar-refractivity contribution in [2.24, 2.45) is 5.92 Å². The monoisotopic (exact) mass is 418 g/mol. The van der Waals surface area contributed by atoms with Crippen LogP contribution in [0.5, 0.6) is 0 Å². The van der Waals surface area contributed by atoms with Crippen LogP contribution in [0.3, 0.4) is 0 Å². The summed E-state index contributed by atoms with van der Waals surface area (Å²) in [5.74, 6) is 1.05. The first kappa shape index (κ1) is 18.9. The Labute approximate surface area is 178 Å².